The summed E-state index contributed by atoms with van der Waals surface area (Å²) in [4.78, 5) is 9.13. The van der Waals surface area contributed by atoms with Gasteiger partial charge in [-0.1, -0.05) is 11.6 Å². The highest BCUT2D eigenvalue weighted by Gasteiger charge is 2.14. The molecule has 0 unspecified atom stereocenters. The van der Waals surface area contributed by atoms with E-state index in [1.807, 2.05) is 24.3 Å². The van der Waals surface area contributed by atoms with Gasteiger partial charge in [0.25, 0.3) is 0 Å². The van der Waals surface area contributed by atoms with Gasteiger partial charge in [-0.25, -0.2) is 9.97 Å². The molecular weight excluding hydrogens is 294 g/mol. The van der Waals surface area contributed by atoms with Crippen LogP contribution in [0.25, 0.3) is 16.2 Å². The molecule has 20 heavy (non-hydrogen) atoms. The summed E-state index contributed by atoms with van der Waals surface area (Å²) in [6.07, 6.45) is 3.56. The number of fused-ring (bicyclic) bond motifs is 1. The summed E-state index contributed by atoms with van der Waals surface area (Å²) < 4.78 is 7.97. The van der Waals surface area contributed by atoms with Crippen molar-refractivity contribution in [3.63, 3.8) is 0 Å². The fourth-order valence-electron chi connectivity index (χ4n) is 2.16. The fraction of sp³-hybridized carbons (Fsp3) is 0.286. The zero-order chi connectivity index (χ0) is 13.9. The van der Waals surface area contributed by atoms with Crippen molar-refractivity contribution in [2.75, 3.05) is 13.7 Å². The number of pyridine rings is 1. The first-order chi connectivity index (χ1) is 9.79. The van der Waals surface area contributed by atoms with Gasteiger partial charge in [-0.3, -0.25) is 4.57 Å². The number of ether oxygens (including phenoxy) is 1. The molecule has 3 heterocycles. The summed E-state index contributed by atoms with van der Waals surface area (Å²) >= 11 is 7.58. The first kappa shape index (κ1) is 13.5. The van der Waals surface area contributed by atoms with Crippen LogP contribution in [0.2, 0.25) is 4.34 Å². The molecule has 0 fully saturated rings. The Labute approximate surface area is 126 Å². The maximum Gasteiger partial charge on any atom is 0.165 e. The standard InChI is InChI=1S/C14H14ClN3OS/c1-19-9-3-5-12-17-10-4-2-8-16-14(10)18(12)13-7-6-11(15)20-13/h2,4,6-8H,3,5,9H2,1H3. The summed E-state index contributed by atoms with van der Waals surface area (Å²) in [6, 6.07) is 7.78. The summed E-state index contributed by atoms with van der Waals surface area (Å²) in [6.45, 7) is 0.724. The minimum Gasteiger partial charge on any atom is -0.385 e. The Balaban J connectivity index is 2.08. The van der Waals surface area contributed by atoms with E-state index in [4.69, 9.17) is 16.3 Å². The van der Waals surface area contributed by atoms with Gasteiger partial charge in [-0.2, -0.15) is 0 Å². The molecule has 0 aliphatic rings. The van der Waals surface area contributed by atoms with E-state index >= 15 is 0 Å². The molecule has 0 aromatic carbocycles. The molecule has 104 valence electrons. The molecule has 0 atom stereocenters. The molecule has 0 radical (unpaired) electrons. The number of aryl methyl sites for hydroxylation is 1. The minimum absolute atomic E-state index is 0.724. The van der Waals surface area contributed by atoms with E-state index in [9.17, 15) is 0 Å². The predicted octanol–water partition coefficient (Wildman–Crippen LogP) is 3.71. The molecule has 4 nitrogen and oxygen atoms in total. The zero-order valence-electron chi connectivity index (χ0n) is 11.0. The third-order valence-corrected chi connectivity index (χ3v) is 4.23. The van der Waals surface area contributed by atoms with Crippen molar-refractivity contribution in [2.24, 2.45) is 0 Å². The van der Waals surface area contributed by atoms with Gasteiger partial charge < -0.3 is 4.74 Å². The van der Waals surface area contributed by atoms with Crippen LogP contribution in [0.1, 0.15) is 12.2 Å². The summed E-state index contributed by atoms with van der Waals surface area (Å²) in [7, 11) is 1.71. The number of rotatable bonds is 5. The van der Waals surface area contributed by atoms with Crippen molar-refractivity contribution >= 4 is 34.1 Å². The number of imidazole rings is 1. The molecule has 0 saturated carbocycles. The Bertz CT molecular complexity index is 722. The Morgan fingerprint density at radius 2 is 2.25 bits per heavy atom. The van der Waals surface area contributed by atoms with Crippen LogP contribution in [0.5, 0.6) is 0 Å². The topological polar surface area (TPSA) is 39.9 Å². The molecule has 0 N–H and O–H groups in total. The second kappa shape index (κ2) is 5.91. The van der Waals surface area contributed by atoms with Gasteiger partial charge in [0.2, 0.25) is 0 Å². The van der Waals surface area contributed by atoms with E-state index in [-0.39, 0.29) is 0 Å². The average Bonchev–Trinajstić information content (AvgIpc) is 3.02. The lowest BCUT2D eigenvalue weighted by Crippen LogP contribution is -2.02. The molecule has 3 aromatic rings. The molecule has 0 saturated heterocycles. The van der Waals surface area contributed by atoms with Crippen LogP contribution >= 0.6 is 22.9 Å². The van der Waals surface area contributed by atoms with Crippen molar-refractivity contribution in [2.45, 2.75) is 12.8 Å². The van der Waals surface area contributed by atoms with Crippen LogP contribution in [0.15, 0.2) is 30.5 Å². The Hall–Kier alpha value is -1.43. The predicted molar refractivity (Wildman–Crippen MR) is 81.9 cm³/mol. The van der Waals surface area contributed by atoms with Crippen LogP contribution in [0.4, 0.5) is 0 Å². The van der Waals surface area contributed by atoms with Gasteiger partial charge in [-0.05, 0) is 30.7 Å². The lowest BCUT2D eigenvalue weighted by atomic mass is 10.3. The normalized spacial score (nSPS) is 11.3. The van der Waals surface area contributed by atoms with Gasteiger partial charge in [0.1, 0.15) is 16.3 Å². The highest BCUT2D eigenvalue weighted by Crippen LogP contribution is 2.29. The average molecular weight is 308 g/mol. The van der Waals surface area contributed by atoms with E-state index in [1.54, 1.807) is 13.3 Å². The smallest absolute Gasteiger partial charge is 0.165 e. The molecule has 0 amide bonds. The zero-order valence-corrected chi connectivity index (χ0v) is 12.6. The minimum atomic E-state index is 0.724. The summed E-state index contributed by atoms with van der Waals surface area (Å²) in [5, 5.41) is 1.05. The third kappa shape index (κ3) is 2.57. The molecular formula is C14H14ClN3OS. The number of halogens is 1. The summed E-state index contributed by atoms with van der Waals surface area (Å²) in [5.41, 5.74) is 1.78. The Morgan fingerprint density at radius 1 is 1.35 bits per heavy atom. The van der Waals surface area contributed by atoms with E-state index in [2.05, 4.69) is 14.5 Å². The molecule has 6 heteroatoms. The Kier molecular flexibility index (Phi) is 4.00. The number of hydrogen-bond acceptors (Lipinski definition) is 4. The van der Waals surface area contributed by atoms with Gasteiger partial charge in [-0.15, -0.1) is 11.3 Å². The molecule has 0 aliphatic carbocycles. The molecule has 0 bridgehead atoms. The first-order valence-electron chi connectivity index (χ1n) is 6.36. The van der Waals surface area contributed by atoms with Crippen LogP contribution < -0.4 is 0 Å². The van der Waals surface area contributed by atoms with E-state index in [1.165, 1.54) is 11.3 Å². The largest absolute Gasteiger partial charge is 0.385 e. The lowest BCUT2D eigenvalue weighted by Gasteiger charge is -2.05. The van der Waals surface area contributed by atoms with Crippen molar-refractivity contribution in [1.29, 1.82) is 0 Å². The maximum absolute atomic E-state index is 6.05. The molecule has 0 aliphatic heterocycles. The first-order valence-corrected chi connectivity index (χ1v) is 7.56. The summed E-state index contributed by atoms with van der Waals surface area (Å²) in [5.74, 6) is 0.995. The van der Waals surface area contributed by atoms with Crippen molar-refractivity contribution in [3.05, 3.63) is 40.6 Å². The van der Waals surface area contributed by atoms with Crippen molar-refractivity contribution < 1.29 is 4.74 Å². The quantitative estimate of drug-likeness (QED) is 0.675. The highest BCUT2D eigenvalue weighted by molar-refractivity contribution is 7.18. The monoisotopic (exact) mass is 307 g/mol. The number of hydrogen-bond donors (Lipinski definition) is 0. The number of methoxy groups -OCH3 is 1. The van der Waals surface area contributed by atoms with E-state index < -0.39 is 0 Å². The van der Waals surface area contributed by atoms with Crippen LogP contribution in [0, 0.1) is 0 Å². The maximum atomic E-state index is 6.05. The van der Waals surface area contributed by atoms with Crippen molar-refractivity contribution in [1.82, 2.24) is 14.5 Å². The fourth-order valence-corrected chi connectivity index (χ4v) is 3.21. The molecule has 0 spiro atoms. The van der Waals surface area contributed by atoms with Gasteiger partial charge >= 0.3 is 0 Å². The van der Waals surface area contributed by atoms with Crippen LogP contribution in [-0.4, -0.2) is 28.3 Å². The second-order valence-electron chi connectivity index (χ2n) is 4.38. The number of thiophene rings is 1. The highest BCUT2D eigenvalue weighted by atomic mass is 35.5. The lowest BCUT2D eigenvalue weighted by molar-refractivity contribution is 0.194. The molecule has 3 aromatic heterocycles. The van der Waals surface area contributed by atoms with Gasteiger partial charge in [0.05, 0.1) is 4.34 Å². The number of aromatic nitrogens is 3. The number of nitrogens with zero attached hydrogens (tertiary/aromatic N) is 3. The van der Waals surface area contributed by atoms with Gasteiger partial charge in [0, 0.05) is 26.3 Å². The third-order valence-electron chi connectivity index (χ3n) is 3.01. The van der Waals surface area contributed by atoms with Crippen LogP contribution in [0.3, 0.4) is 0 Å². The van der Waals surface area contributed by atoms with Gasteiger partial charge in [0.15, 0.2) is 5.65 Å². The van der Waals surface area contributed by atoms with Crippen molar-refractivity contribution in [3.8, 4) is 5.00 Å². The molecule has 3 rings (SSSR count). The second-order valence-corrected chi connectivity index (χ2v) is 6.08. The van der Waals surface area contributed by atoms with E-state index in [0.717, 1.165) is 45.8 Å². The SMILES string of the molecule is COCCCc1nc2cccnc2n1-c1ccc(Cl)s1. The van der Waals surface area contributed by atoms with Crippen LogP contribution in [-0.2, 0) is 11.2 Å². The Morgan fingerprint density at radius 3 is 3.00 bits per heavy atom. The van der Waals surface area contributed by atoms with E-state index in [0.29, 0.717) is 0 Å².